The Bertz CT molecular complexity index is 422. The molecule has 0 N–H and O–H groups in total. The Morgan fingerprint density at radius 3 is 2.28 bits per heavy atom. The molecule has 0 saturated carbocycles. The largest absolute Gasteiger partial charge is 0.469 e. The summed E-state index contributed by atoms with van der Waals surface area (Å²) in [6.07, 6.45) is 0.755. The number of carbonyl (C=O) groups is 3. The topological polar surface area (TPSA) is 69.7 Å². The van der Waals surface area contributed by atoms with Gasteiger partial charge in [0.25, 0.3) is 0 Å². The van der Waals surface area contributed by atoms with Gasteiger partial charge in [0, 0.05) is 5.56 Å². The zero-order valence-corrected chi connectivity index (χ0v) is 10.0. The van der Waals surface area contributed by atoms with Crippen LogP contribution >= 0.6 is 0 Å². The summed E-state index contributed by atoms with van der Waals surface area (Å²) in [5.74, 6) is -0.901. The Morgan fingerprint density at radius 1 is 1.11 bits per heavy atom. The second-order valence-corrected chi connectivity index (χ2v) is 3.60. The Balaban J connectivity index is 2.33. The molecule has 0 atom stereocenters. The Morgan fingerprint density at radius 2 is 1.72 bits per heavy atom. The van der Waals surface area contributed by atoms with E-state index < -0.39 is 11.9 Å². The molecule has 5 nitrogen and oxygen atoms in total. The number of benzene rings is 1. The molecule has 18 heavy (non-hydrogen) atoms. The molecule has 0 aliphatic carbocycles. The van der Waals surface area contributed by atoms with Gasteiger partial charge in [0.1, 0.15) is 12.9 Å². The third-order valence-electron chi connectivity index (χ3n) is 2.28. The molecule has 1 rings (SSSR count). The van der Waals surface area contributed by atoms with E-state index in [-0.39, 0.29) is 19.4 Å². The summed E-state index contributed by atoms with van der Waals surface area (Å²) in [4.78, 5) is 32.5. The second-order valence-electron chi connectivity index (χ2n) is 3.60. The number of carbonyl (C=O) groups excluding carboxylic acids is 3. The van der Waals surface area contributed by atoms with E-state index in [2.05, 4.69) is 4.74 Å². The molecule has 0 heterocycles. The molecule has 0 bridgehead atoms. The first-order valence-electron chi connectivity index (χ1n) is 5.42. The van der Waals surface area contributed by atoms with E-state index in [9.17, 15) is 14.4 Å². The molecular weight excluding hydrogens is 236 g/mol. The summed E-state index contributed by atoms with van der Waals surface area (Å²) in [6, 6.07) is 6.70. The third-order valence-corrected chi connectivity index (χ3v) is 2.28. The Hall–Kier alpha value is -2.17. The van der Waals surface area contributed by atoms with Crippen molar-refractivity contribution in [1.29, 1.82) is 0 Å². The number of rotatable bonds is 6. The van der Waals surface area contributed by atoms with Gasteiger partial charge in [-0.25, -0.2) is 0 Å². The predicted molar refractivity (Wildman–Crippen MR) is 62.9 cm³/mol. The van der Waals surface area contributed by atoms with Gasteiger partial charge in [-0.1, -0.05) is 24.3 Å². The van der Waals surface area contributed by atoms with Crippen molar-refractivity contribution in [2.75, 3.05) is 7.11 Å². The fourth-order valence-corrected chi connectivity index (χ4v) is 1.23. The van der Waals surface area contributed by atoms with Gasteiger partial charge in [-0.05, 0) is 5.56 Å². The lowest BCUT2D eigenvalue weighted by molar-refractivity contribution is -0.149. The van der Waals surface area contributed by atoms with Crippen LogP contribution in [0, 0.1) is 0 Å². The number of aldehydes is 1. The highest BCUT2D eigenvalue weighted by atomic mass is 16.5. The Kier molecular flexibility index (Phi) is 5.57. The van der Waals surface area contributed by atoms with E-state index in [1.54, 1.807) is 24.3 Å². The minimum Gasteiger partial charge on any atom is -0.469 e. The normalized spacial score (nSPS) is 9.61. The van der Waals surface area contributed by atoms with Crippen molar-refractivity contribution in [2.45, 2.75) is 19.4 Å². The van der Waals surface area contributed by atoms with Crippen LogP contribution in [0.3, 0.4) is 0 Å². The average molecular weight is 250 g/mol. The molecule has 5 heteroatoms. The maximum atomic E-state index is 11.3. The number of esters is 2. The molecule has 0 aliphatic rings. The average Bonchev–Trinajstić information content (AvgIpc) is 2.42. The van der Waals surface area contributed by atoms with Crippen LogP contribution < -0.4 is 0 Å². The zero-order chi connectivity index (χ0) is 13.4. The fraction of sp³-hybridized carbons (Fsp3) is 0.308. The first-order valence-corrected chi connectivity index (χ1v) is 5.42. The van der Waals surface area contributed by atoms with Crippen LogP contribution in [0.5, 0.6) is 0 Å². The monoisotopic (exact) mass is 250 g/mol. The smallest absolute Gasteiger partial charge is 0.306 e. The van der Waals surface area contributed by atoms with Crippen LogP contribution in [0.15, 0.2) is 24.3 Å². The summed E-state index contributed by atoms with van der Waals surface area (Å²) in [5, 5.41) is 0. The first kappa shape index (κ1) is 13.9. The highest BCUT2D eigenvalue weighted by Gasteiger charge is 2.08. The van der Waals surface area contributed by atoms with Crippen molar-refractivity contribution < 1.29 is 23.9 Å². The second kappa shape index (κ2) is 7.21. The van der Waals surface area contributed by atoms with Crippen molar-refractivity contribution in [3.63, 3.8) is 0 Å². The summed E-state index contributed by atoms with van der Waals surface area (Å²) >= 11 is 0. The minimum absolute atomic E-state index is 0.000898. The van der Waals surface area contributed by atoms with E-state index in [0.717, 1.165) is 11.8 Å². The molecule has 0 unspecified atom stereocenters. The Labute approximate surface area is 105 Å². The lowest BCUT2D eigenvalue weighted by atomic mass is 10.2. The van der Waals surface area contributed by atoms with Gasteiger partial charge in [-0.2, -0.15) is 0 Å². The molecule has 0 saturated heterocycles. The molecule has 0 amide bonds. The highest BCUT2D eigenvalue weighted by molar-refractivity contribution is 5.77. The van der Waals surface area contributed by atoms with Crippen molar-refractivity contribution in [2.24, 2.45) is 0 Å². The summed E-state index contributed by atoms with van der Waals surface area (Å²) in [5.41, 5.74) is 1.35. The van der Waals surface area contributed by atoms with Crippen LogP contribution in [0.4, 0.5) is 0 Å². The summed E-state index contributed by atoms with van der Waals surface area (Å²) < 4.78 is 9.37. The SMILES string of the molecule is COC(=O)CCC(=O)OCc1ccc(C=O)cc1. The molecular formula is C13H14O5. The molecule has 0 aliphatic heterocycles. The zero-order valence-electron chi connectivity index (χ0n) is 10.0. The van der Waals surface area contributed by atoms with Gasteiger partial charge in [-0.15, -0.1) is 0 Å². The number of methoxy groups -OCH3 is 1. The van der Waals surface area contributed by atoms with Crippen LogP contribution in [0.1, 0.15) is 28.8 Å². The van der Waals surface area contributed by atoms with Crippen molar-refractivity contribution >= 4 is 18.2 Å². The molecule has 0 aromatic heterocycles. The molecule has 0 radical (unpaired) electrons. The number of hydrogen-bond acceptors (Lipinski definition) is 5. The van der Waals surface area contributed by atoms with Crippen LogP contribution in [0.25, 0.3) is 0 Å². The lowest BCUT2D eigenvalue weighted by Crippen LogP contribution is -2.08. The number of hydrogen-bond donors (Lipinski definition) is 0. The van der Waals surface area contributed by atoms with E-state index in [4.69, 9.17) is 4.74 Å². The van der Waals surface area contributed by atoms with E-state index in [1.165, 1.54) is 7.11 Å². The fourth-order valence-electron chi connectivity index (χ4n) is 1.23. The van der Waals surface area contributed by atoms with Gasteiger partial charge >= 0.3 is 11.9 Å². The third kappa shape index (κ3) is 4.78. The minimum atomic E-state index is -0.458. The summed E-state index contributed by atoms with van der Waals surface area (Å²) in [7, 11) is 1.27. The lowest BCUT2D eigenvalue weighted by Gasteiger charge is -2.04. The predicted octanol–water partition coefficient (Wildman–Crippen LogP) is 1.50. The van der Waals surface area contributed by atoms with Crippen LogP contribution in [-0.4, -0.2) is 25.3 Å². The van der Waals surface area contributed by atoms with Crippen LogP contribution in [-0.2, 0) is 25.7 Å². The standard InChI is InChI=1S/C13H14O5/c1-17-12(15)6-7-13(16)18-9-11-4-2-10(8-14)3-5-11/h2-5,8H,6-7,9H2,1H3. The first-order chi connectivity index (χ1) is 8.65. The molecule has 1 aromatic carbocycles. The molecule has 0 spiro atoms. The van der Waals surface area contributed by atoms with Crippen molar-refractivity contribution in [3.8, 4) is 0 Å². The van der Waals surface area contributed by atoms with Crippen molar-refractivity contribution in [1.82, 2.24) is 0 Å². The molecule has 96 valence electrons. The maximum Gasteiger partial charge on any atom is 0.306 e. The van der Waals surface area contributed by atoms with E-state index in [1.807, 2.05) is 0 Å². The van der Waals surface area contributed by atoms with Gasteiger partial charge in [0.05, 0.1) is 20.0 Å². The summed E-state index contributed by atoms with van der Waals surface area (Å²) in [6.45, 7) is 0.124. The van der Waals surface area contributed by atoms with Gasteiger partial charge in [0.2, 0.25) is 0 Å². The molecule has 0 fully saturated rings. The van der Waals surface area contributed by atoms with Crippen molar-refractivity contribution in [3.05, 3.63) is 35.4 Å². The highest BCUT2D eigenvalue weighted by Crippen LogP contribution is 2.05. The van der Waals surface area contributed by atoms with Gasteiger partial charge in [0.15, 0.2) is 0 Å². The molecule has 1 aromatic rings. The van der Waals surface area contributed by atoms with Gasteiger partial charge in [-0.3, -0.25) is 14.4 Å². The van der Waals surface area contributed by atoms with Crippen LogP contribution in [0.2, 0.25) is 0 Å². The van der Waals surface area contributed by atoms with Gasteiger partial charge < -0.3 is 9.47 Å². The number of ether oxygens (including phenoxy) is 2. The maximum absolute atomic E-state index is 11.3. The van der Waals surface area contributed by atoms with E-state index in [0.29, 0.717) is 5.56 Å². The van der Waals surface area contributed by atoms with E-state index >= 15 is 0 Å². The quantitative estimate of drug-likeness (QED) is 0.565.